The second-order valence-corrected chi connectivity index (χ2v) is 6.55. The number of benzene rings is 1. The van der Waals surface area contributed by atoms with Crippen LogP contribution in [-0.2, 0) is 0 Å². The second kappa shape index (κ2) is 7.81. The molecule has 2 aromatic heterocycles. The Labute approximate surface area is 160 Å². The summed E-state index contributed by atoms with van der Waals surface area (Å²) in [5, 5.41) is 6.55. The largest absolute Gasteiger partial charge is 0.490 e. The molecule has 8 nitrogen and oxygen atoms in total. The number of rotatable bonds is 4. The first-order chi connectivity index (χ1) is 13.2. The van der Waals surface area contributed by atoms with Gasteiger partial charge in [-0.15, -0.1) is 0 Å². The van der Waals surface area contributed by atoms with E-state index in [0.717, 1.165) is 0 Å². The quantitative estimate of drug-likeness (QED) is 0.715. The van der Waals surface area contributed by atoms with E-state index in [4.69, 9.17) is 20.8 Å². The number of fused-ring (bicyclic) bond motifs is 1. The molecule has 9 heteroatoms. The molecule has 0 spiro atoms. The number of hydrogen-bond acceptors (Lipinski definition) is 6. The predicted molar refractivity (Wildman–Crippen MR) is 101 cm³/mol. The number of amides is 2. The molecule has 0 saturated carbocycles. The Bertz CT molecular complexity index is 933. The normalized spacial score (nSPS) is 17.1. The van der Waals surface area contributed by atoms with Crippen molar-refractivity contribution >= 4 is 34.7 Å². The van der Waals surface area contributed by atoms with Crippen molar-refractivity contribution in [1.82, 2.24) is 20.2 Å². The maximum absolute atomic E-state index is 12.7. The molecule has 4 rings (SSSR count). The molecule has 140 valence electrons. The van der Waals surface area contributed by atoms with E-state index in [1.165, 1.54) is 0 Å². The van der Waals surface area contributed by atoms with Crippen molar-refractivity contribution in [3.8, 4) is 5.75 Å². The van der Waals surface area contributed by atoms with Gasteiger partial charge >= 0.3 is 12.0 Å². The molecule has 27 heavy (non-hydrogen) atoms. The number of aromatic nitrogens is 2. The fourth-order valence-corrected chi connectivity index (χ4v) is 3.09. The minimum atomic E-state index is -0.283. The summed E-state index contributed by atoms with van der Waals surface area (Å²) < 4.78 is 11.3. The van der Waals surface area contributed by atoms with Gasteiger partial charge in [0.15, 0.2) is 5.58 Å². The summed E-state index contributed by atoms with van der Waals surface area (Å²) in [5.74, 6) is 0.666. The van der Waals surface area contributed by atoms with Gasteiger partial charge in [-0.25, -0.2) is 4.79 Å². The topological polar surface area (TPSA) is 92.5 Å². The Morgan fingerprint density at radius 1 is 1.44 bits per heavy atom. The number of carbonyl (C=O) groups excluding carboxylic acids is 1. The lowest BCUT2D eigenvalue weighted by Gasteiger charge is -2.35. The van der Waals surface area contributed by atoms with Gasteiger partial charge in [-0.2, -0.15) is 4.98 Å². The monoisotopic (exact) mass is 387 g/mol. The van der Waals surface area contributed by atoms with Crippen LogP contribution in [0.25, 0.3) is 11.1 Å². The third kappa shape index (κ3) is 4.12. The molecule has 1 fully saturated rings. The molecule has 1 aliphatic rings. The van der Waals surface area contributed by atoms with Crippen LogP contribution in [0.4, 0.5) is 10.8 Å². The van der Waals surface area contributed by atoms with Gasteiger partial charge in [0.1, 0.15) is 17.9 Å². The molecule has 3 aromatic rings. The van der Waals surface area contributed by atoms with Crippen LogP contribution in [0.1, 0.15) is 0 Å². The summed E-state index contributed by atoms with van der Waals surface area (Å²) in [6.07, 6.45) is 3.33. The highest BCUT2D eigenvalue weighted by Gasteiger charge is 2.28. The van der Waals surface area contributed by atoms with Gasteiger partial charge < -0.3 is 19.4 Å². The summed E-state index contributed by atoms with van der Waals surface area (Å²) in [4.78, 5) is 22.7. The first kappa shape index (κ1) is 17.6. The number of urea groups is 1. The summed E-state index contributed by atoms with van der Waals surface area (Å²) in [6, 6.07) is 8.48. The zero-order valence-corrected chi connectivity index (χ0v) is 15.1. The summed E-state index contributed by atoms with van der Waals surface area (Å²) >= 11 is 5.96. The molecule has 0 aliphatic carbocycles. The predicted octanol–water partition coefficient (Wildman–Crippen LogP) is 2.76. The van der Waals surface area contributed by atoms with Crippen LogP contribution in [0.2, 0.25) is 5.02 Å². The van der Waals surface area contributed by atoms with Crippen molar-refractivity contribution in [2.24, 2.45) is 0 Å². The molecule has 2 amide bonds. The first-order valence-corrected chi connectivity index (χ1v) is 8.94. The number of nitrogens with zero attached hydrogens (tertiary/aromatic N) is 3. The Morgan fingerprint density at radius 2 is 2.37 bits per heavy atom. The number of hydrogen-bond donors (Lipinski definition) is 2. The Balaban J connectivity index is 1.43. The molecule has 1 unspecified atom stereocenters. The lowest BCUT2D eigenvalue weighted by atomic mass is 10.2. The maximum Gasteiger partial charge on any atom is 0.325 e. The van der Waals surface area contributed by atoms with Crippen LogP contribution < -0.4 is 15.4 Å². The molecule has 2 N–H and O–H groups in total. The summed E-state index contributed by atoms with van der Waals surface area (Å²) in [7, 11) is 0. The van der Waals surface area contributed by atoms with E-state index < -0.39 is 0 Å². The maximum atomic E-state index is 12.7. The van der Waals surface area contributed by atoms with Crippen molar-refractivity contribution in [3.05, 3.63) is 47.7 Å². The number of oxazole rings is 1. The van der Waals surface area contributed by atoms with Gasteiger partial charge in [0.05, 0.1) is 12.2 Å². The number of anilines is 1. The van der Waals surface area contributed by atoms with E-state index in [-0.39, 0.29) is 18.1 Å². The van der Waals surface area contributed by atoms with Crippen molar-refractivity contribution in [2.75, 3.05) is 31.6 Å². The van der Waals surface area contributed by atoms with Crippen LogP contribution in [0, 0.1) is 0 Å². The summed E-state index contributed by atoms with van der Waals surface area (Å²) in [5.41, 5.74) is 1.15. The van der Waals surface area contributed by atoms with Gasteiger partial charge in [0, 0.05) is 30.9 Å². The average molecular weight is 388 g/mol. The number of halogens is 1. The molecule has 1 aliphatic heterocycles. The van der Waals surface area contributed by atoms with Crippen LogP contribution in [0.5, 0.6) is 5.75 Å². The number of carbonyl (C=O) groups is 1. The number of ether oxygens (including phenoxy) is 1. The van der Waals surface area contributed by atoms with E-state index in [0.29, 0.717) is 48.1 Å². The lowest BCUT2D eigenvalue weighted by molar-refractivity contribution is 0.132. The Kier molecular flexibility index (Phi) is 5.08. The van der Waals surface area contributed by atoms with Crippen LogP contribution >= 0.6 is 11.6 Å². The fraction of sp³-hybridized carbons (Fsp3) is 0.278. The van der Waals surface area contributed by atoms with E-state index >= 15 is 0 Å². The van der Waals surface area contributed by atoms with Gasteiger partial charge in [-0.05, 0) is 30.3 Å². The highest BCUT2D eigenvalue weighted by molar-refractivity contribution is 6.31. The minimum absolute atomic E-state index is 0.127. The number of piperazine rings is 1. The minimum Gasteiger partial charge on any atom is -0.490 e. The van der Waals surface area contributed by atoms with Crippen molar-refractivity contribution < 1.29 is 13.9 Å². The van der Waals surface area contributed by atoms with E-state index in [1.807, 2.05) is 6.07 Å². The molecule has 1 saturated heterocycles. The van der Waals surface area contributed by atoms with Crippen molar-refractivity contribution in [1.29, 1.82) is 0 Å². The standard InChI is InChI=1S/C18H18ClN5O3/c19-12-3-4-16-15(8-12)22-17(27-16)23-18(25)24-7-6-21-9-13(24)11-26-14-2-1-5-20-10-14/h1-5,8,10,13,21H,6-7,9,11H2,(H,22,23,25). The zero-order valence-electron chi connectivity index (χ0n) is 14.4. The van der Waals surface area contributed by atoms with Gasteiger partial charge in [-0.3, -0.25) is 10.3 Å². The van der Waals surface area contributed by atoms with Crippen molar-refractivity contribution in [3.63, 3.8) is 0 Å². The zero-order chi connectivity index (χ0) is 18.6. The van der Waals surface area contributed by atoms with E-state index in [1.54, 1.807) is 41.6 Å². The average Bonchev–Trinajstić information content (AvgIpc) is 3.08. The van der Waals surface area contributed by atoms with E-state index in [2.05, 4.69) is 20.6 Å². The number of pyridine rings is 1. The highest BCUT2D eigenvalue weighted by Crippen LogP contribution is 2.22. The molecule has 0 bridgehead atoms. The fourth-order valence-electron chi connectivity index (χ4n) is 2.92. The third-order valence-corrected chi connectivity index (χ3v) is 4.49. The second-order valence-electron chi connectivity index (χ2n) is 6.11. The molecule has 0 radical (unpaired) electrons. The van der Waals surface area contributed by atoms with Gasteiger partial charge in [0.2, 0.25) is 0 Å². The van der Waals surface area contributed by atoms with Crippen molar-refractivity contribution in [2.45, 2.75) is 6.04 Å². The molecule has 1 atom stereocenters. The van der Waals surface area contributed by atoms with Gasteiger partial charge in [-0.1, -0.05) is 11.6 Å². The summed E-state index contributed by atoms with van der Waals surface area (Å²) in [6.45, 7) is 2.26. The van der Waals surface area contributed by atoms with Crippen LogP contribution in [-0.4, -0.2) is 53.2 Å². The van der Waals surface area contributed by atoms with E-state index in [9.17, 15) is 4.79 Å². The van der Waals surface area contributed by atoms with Gasteiger partial charge in [0.25, 0.3) is 0 Å². The lowest BCUT2D eigenvalue weighted by Crippen LogP contribution is -2.57. The Morgan fingerprint density at radius 3 is 3.22 bits per heavy atom. The highest BCUT2D eigenvalue weighted by atomic mass is 35.5. The van der Waals surface area contributed by atoms with Crippen LogP contribution in [0.15, 0.2) is 47.1 Å². The van der Waals surface area contributed by atoms with Crippen LogP contribution in [0.3, 0.4) is 0 Å². The SMILES string of the molecule is O=C(Nc1nc2cc(Cl)ccc2o1)N1CCNCC1COc1cccnc1. The Hall–Kier alpha value is -2.84. The third-order valence-electron chi connectivity index (χ3n) is 4.25. The molecule has 1 aromatic carbocycles. The smallest absolute Gasteiger partial charge is 0.325 e. The molecular weight excluding hydrogens is 370 g/mol. The molecule has 3 heterocycles. The number of nitrogens with one attached hydrogen (secondary N) is 2. The first-order valence-electron chi connectivity index (χ1n) is 8.56. The molecular formula is C18H18ClN5O3.